The van der Waals surface area contributed by atoms with E-state index >= 15 is 0 Å². The molecule has 0 aliphatic heterocycles. The van der Waals surface area contributed by atoms with E-state index < -0.39 is 0 Å². The van der Waals surface area contributed by atoms with Crippen LogP contribution in [0.15, 0.2) is 40.9 Å². The lowest BCUT2D eigenvalue weighted by molar-refractivity contribution is -0.111. The Kier molecular flexibility index (Phi) is 4.26. The second-order valence-corrected chi connectivity index (χ2v) is 6.02. The van der Waals surface area contributed by atoms with E-state index in [1.807, 2.05) is 12.1 Å². The molecule has 2 rings (SSSR count). The molecule has 1 aromatic heterocycles. The highest BCUT2D eigenvalue weighted by molar-refractivity contribution is 6.01. The third-order valence-electron chi connectivity index (χ3n) is 3.08. The van der Waals surface area contributed by atoms with E-state index in [1.54, 1.807) is 19.1 Å². The Morgan fingerprint density at radius 3 is 2.43 bits per heavy atom. The number of carbonyl (C=O) groups excluding carboxylic acids is 1. The van der Waals surface area contributed by atoms with Crippen molar-refractivity contribution in [1.29, 1.82) is 0 Å². The molecule has 0 saturated heterocycles. The van der Waals surface area contributed by atoms with Crippen LogP contribution in [0.3, 0.4) is 0 Å². The number of amides is 1. The zero-order valence-electron chi connectivity index (χ0n) is 12.8. The van der Waals surface area contributed by atoms with Crippen LogP contribution in [0.25, 0.3) is 6.08 Å². The van der Waals surface area contributed by atoms with Gasteiger partial charge in [0.25, 0.3) is 0 Å². The zero-order chi connectivity index (χ0) is 15.5. The van der Waals surface area contributed by atoms with Crippen LogP contribution in [0.1, 0.15) is 37.7 Å². The topological polar surface area (TPSA) is 55.1 Å². The number of nitrogens with one attached hydrogen (secondary N) is 1. The summed E-state index contributed by atoms with van der Waals surface area (Å²) in [6, 6.07) is 9.84. The van der Waals surface area contributed by atoms with E-state index in [9.17, 15) is 4.79 Å². The van der Waals surface area contributed by atoms with E-state index in [0.29, 0.717) is 11.6 Å². The Morgan fingerprint density at radius 1 is 1.24 bits per heavy atom. The Balaban J connectivity index is 1.99. The fourth-order valence-electron chi connectivity index (χ4n) is 1.86. The first-order valence-electron chi connectivity index (χ1n) is 6.87. The van der Waals surface area contributed by atoms with E-state index in [2.05, 4.69) is 43.4 Å². The summed E-state index contributed by atoms with van der Waals surface area (Å²) >= 11 is 0. The fraction of sp³-hybridized carbons (Fsp3) is 0.294. The van der Waals surface area contributed by atoms with Crippen LogP contribution >= 0.6 is 0 Å². The average Bonchev–Trinajstić information content (AvgIpc) is 2.81. The Bertz CT molecular complexity index is 646. The minimum Gasteiger partial charge on any atom is -0.360 e. The van der Waals surface area contributed by atoms with Crippen LogP contribution in [0.5, 0.6) is 0 Å². The van der Waals surface area contributed by atoms with Crippen LogP contribution in [-0.2, 0) is 10.2 Å². The van der Waals surface area contributed by atoms with E-state index in [0.717, 1.165) is 5.56 Å². The van der Waals surface area contributed by atoms with Crippen molar-refractivity contribution in [3.63, 3.8) is 0 Å². The lowest BCUT2D eigenvalue weighted by Crippen LogP contribution is -2.10. The maximum absolute atomic E-state index is 11.7. The maximum atomic E-state index is 11.7. The predicted molar refractivity (Wildman–Crippen MR) is 84.0 cm³/mol. The van der Waals surface area contributed by atoms with E-state index in [4.69, 9.17) is 4.52 Å². The van der Waals surface area contributed by atoms with Gasteiger partial charge in [-0.1, -0.05) is 50.2 Å². The SMILES string of the molecule is Cc1cc(NC(=O)/C=C\c2ccc(C(C)(C)C)cc2)no1. The van der Waals surface area contributed by atoms with Crippen LogP contribution in [-0.4, -0.2) is 11.1 Å². The molecule has 0 unspecified atom stereocenters. The van der Waals surface area contributed by atoms with Crippen molar-refractivity contribution >= 4 is 17.8 Å². The van der Waals surface area contributed by atoms with Gasteiger partial charge in [-0.15, -0.1) is 0 Å². The summed E-state index contributed by atoms with van der Waals surface area (Å²) in [7, 11) is 0. The number of hydrogen-bond acceptors (Lipinski definition) is 3. The van der Waals surface area contributed by atoms with Crippen LogP contribution in [0.2, 0.25) is 0 Å². The molecular formula is C17H20N2O2. The molecule has 1 amide bonds. The summed E-state index contributed by atoms with van der Waals surface area (Å²) in [6.45, 7) is 8.29. The summed E-state index contributed by atoms with van der Waals surface area (Å²) in [4.78, 5) is 11.7. The number of rotatable bonds is 3. The Labute approximate surface area is 124 Å². The van der Waals surface area contributed by atoms with E-state index in [-0.39, 0.29) is 11.3 Å². The van der Waals surface area contributed by atoms with Gasteiger partial charge in [0.2, 0.25) is 5.91 Å². The third-order valence-corrected chi connectivity index (χ3v) is 3.08. The second-order valence-electron chi connectivity index (χ2n) is 6.02. The number of hydrogen-bond donors (Lipinski definition) is 1. The van der Waals surface area contributed by atoms with Crippen molar-refractivity contribution < 1.29 is 9.32 Å². The number of aryl methyl sites for hydroxylation is 1. The fourth-order valence-corrected chi connectivity index (χ4v) is 1.86. The minimum absolute atomic E-state index is 0.129. The summed E-state index contributed by atoms with van der Waals surface area (Å²) < 4.78 is 4.88. The van der Waals surface area contributed by atoms with Crippen molar-refractivity contribution in [2.24, 2.45) is 0 Å². The lowest BCUT2D eigenvalue weighted by Gasteiger charge is -2.18. The largest absolute Gasteiger partial charge is 0.360 e. The first kappa shape index (κ1) is 15.0. The lowest BCUT2D eigenvalue weighted by atomic mass is 9.87. The summed E-state index contributed by atoms with van der Waals surface area (Å²) in [5.41, 5.74) is 2.38. The molecule has 110 valence electrons. The van der Waals surface area contributed by atoms with Gasteiger partial charge >= 0.3 is 0 Å². The molecular weight excluding hydrogens is 264 g/mol. The van der Waals surface area contributed by atoms with Gasteiger partial charge in [-0.05, 0) is 29.5 Å². The minimum atomic E-state index is -0.233. The smallest absolute Gasteiger partial charge is 0.249 e. The average molecular weight is 284 g/mol. The Hall–Kier alpha value is -2.36. The first-order chi connectivity index (χ1) is 9.84. The molecule has 0 aliphatic carbocycles. The van der Waals surface area contributed by atoms with Gasteiger partial charge in [-0.25, -0.2) is 0 Å². The molecule has 0 saturated carbocycles. The van der Waals surface area contributed by atoms with Gasteiger partial charge in [0.05, 0.1) is 0 Å². The van der Waals surface area contributed by atoms with Crippen molar-refractivity contribution in [1.82, 2.24) is 5.16 Å². The monoisotopic (exact) mass is 284 g/mol. The Morgan fingerprint density at radius 2 is 1.90 bits per heavy atom. The van der Waals surface area contributed by atoms with Crippen molar-refractivity contribution in [3.05, 3.63) is 53.3 Å². The van der Waals surface area contributed by atoms with Crippen molar-refractivity contribution in [3.8, 4) is 0 Å². The quantitative estimate of drug-likeness (QED) is 0.869. The molecule has 2 aromatic rings. The summed E-state index contributed by atoms with van der Waals surface area (Å²) in [5, 5.41) is 6.35. The summed E-state index contributed by atoms with van der Waals surface area (Å²) in [6.07, 6.45) is 3.25. The normalized spacial score (nSPS) is 11.8. The molecule has 0 fully saturated rings. The van der Waals surface area contributed by atoms with Crippen molar-refractivity contribution in [2.45, 2.75) is 33.1 Å². The molecule has 0 bridgehead atoms. The second kappa shape index (κ2) is 5.95. The van der Waals surface area contributed by atoms with Gasteiger partial charge in [0, 0.05) is 12.1 Å². The maximum Gasteiger partial charge on any atom is 0.249 e. The zero-order valence-corrected chi connectivity index (χ0v) is 12.8. The molecule has 1 aromatic carbocycles. The molecule has 1 heterocycles. The molecule has 0 spiro atoms. The number of nitrogens with zero attached hydrogens (tertiary/aromatic N) is 1. The molecule has 0 radical (unpaired) electrons. The van der Waals surface area contributed by atoms with Gasteiger partial charge in [0.1, 0.15) is 5.76 Å². The number of anilines is 1. The molecule has 0 atom stereocenters. The van der Waals surface area contributed by atoms with Crippen LogP contribution in [0, 0.1) is 6.92 Å². The molecule has 4 nitrogen and oxygen atoms in total. The predicted octanol–water partition coefficient (Wildman–Crippen LogP) is 3.93. The number of benzene rings is 1. The van der Waals surface area contributed by atoms with Crippen molar-refractivity contribution in [2.75, 3.05) is 5.32 Å². The first-order valence-corrected chi connectivity index (χ1v) is 6.87. The molecule has 4 heteroatoms. The van der Waals surface area contributed by atoms with Gasteiger partial charge in [0.15, 0.2) is 5.82 Å². The highest BCUT2D eigenvalue weighted by atomic mass is 16.5. The van der Waals surface area contributed by atoms with E-state index in [1.165, 1.54) is 11.6 Å². The summed E-state index contributed by atoms with van der Waals surface area (Å²) in [5.74, 6) is 0.848. The van der Waals surface area contributed by atoms with Gasteiger partial charge in [-0.2, -0.15) is 0 Å². The standard InChI is InChI=1S/C17H20N2O2/c1-12-11-15(19-21-12)18-16(20)10-7-13-5-8-14(9-6-13)17(2,3)4/h5-11H,1-4H3,(H,18,19,20)/b10-7-. The molecule has 1 N–H and O–H groups in total. The highest BCUT2D eigenvalue weighted by Crippen LogP contribution is 2.22. The number of carbonyl (C=O) groups is 1. The van der Waals surface area contributed by atoms with Gasteiger partial charge < -0.3 is 9.84 Å². The molecule has 21 heavy (non-hydrogen) atoms. The highest BCUT2D eigenvalue weighted by Gasteiger charge is 2.12. The van der Waals surface area contributed by atoms with Gasteiger partial charge in [-0.3, -0.25) is 4.79 Å². The molecule has 0 aliphatic rings. The number of aromatic nitrogens is 1. The third kappa shape index (κ3) is 4.31. The van der Waals surface area contributed by atoms with Crippen LogP contribution in [0.4, 0.5) is 5.82 Å². The van der Waals surface area contributed by atoms with Crippen LogP contribution < -0.4 is 5.32 Å².